The molecule has 0 atom stereocenters. The maximum absolute atomic E-state index is 13.9. The van der Waals surface area contributed by atoms with Gasteiger partial charge in [0.2, 0.25) is 0 Å². The van der Waals surface area contributed by atoms with Crippen molar-refractivity contribution < 1.29 is 4.39 Å². The van der Waals surface area contributed by atoms with E-state index in [-0.39, 0.29) is 5.56 Å². The highest BCUT2D eigenvalue weighted by atomic mass is 35.5. The lowest BCUT2D eigenvalue weighted by Crippen LogP contribution is -2.30. The summed E-state index contributed by atoms with van der Waals surface area (Å²) >= 11 is 6.22. The summed E-state index contributed by atoms with van der Waals surface area (Å²) < 4.78 is 15.4. The lowest BCUT2D eigenvalue weighted by Gasteiger charge is -2.24. The lowest BCUT2D eigenvalue weighted by molar-refractivity contribution is 0.525. The zero-order valence-electron chi connectivity index (χ0n) is 14.0. The molecule has 0 spiro atoms. The summed E-state index contributed by atoms with van der Waals surface area (Å²) in [4.78, 5) is 17.8. The van der Waals surface area contributed by atoms with Crippen LogP contribution in [0.5, 0.6) is 0 Å². The second-order valence-corrected chi connectivity index (χ2v) is 7.35. The summed E-state index contributed by atoms with van der Waals surface area (Å²) in [7, 11) is 0. The Morgan fingerprint density at radius 1 is 1.17 bits per heavy atom. The highest BCUT2D eigenvalue weighted by Crippen LogP contribution is 2.27. The van der Waals surface area contributed by atoms with E-state index in [0.717, 1.165) is 5.56 Å². The molecule has 0 aliphatic rings. The smallest absolute Gasteiger partial charge is 0.267 e. The minimum atomic E-state index is -0.407. The van der Waals surface area contributed by atoms with E-state index < -0.39 is 11.2 Å². The molecule has 0 unspecified atom stereocenters. The molecule has 3 nitrogen and oxygen atoms in total. The van der Waals surface area contributed by atoms with Crippen LogP contribution < -0.4 is 5.56 Å². The van der Waals surface area contributed by atoms with Crippen molar-refractivity contribution in [3.8, 4) is 5.69 Å². The number of rotatable bonds is 1. The Morgan fingerprint density at radius 2 is 1.88 bits per heavy atom. The van der Waals surface area contributed by atoms with Crippen molar-refractivity contribution in [2.75, 3.05) is 0 Å². The number of benzene rings is 2. The molecule has 3 aromatic rings. The van der Waals surface area contributed by atoms with E-state index in [0.29, 0.717) is 27.4 Å². The summed E-state index contributed by atoms with van der Waals surface area (Å²) in [5.41, 5.74) is 1.03. The Balaban J connectivity index is 2.51. The quantitative estimate of drug-likeness (QED) is 0.636. The molecule has 0 saturated carbocycles. The molecule has 0 radical (unpaired) electrons. The van der Waals surface area contributed by atoms with E-state index >= 15 is 0 Å². The molecule has 0 bridgehead atoms. The highest BCUT2D eigenvalue weighted by molar-refractivity contribution is 6.35. The molecule has 0 saturated heterocycles. The van der Waals surface area contributed by atoms with E-state index in [1.807, 2.05) is 20.8 Å². The Hall–Kier alpha value is -2.20. The second-order valence-electron chi connectivity index (χ2n) is 6.95. The fourth-order valence-electron chi connectivity index (χ4n) is 2.78. The molecule has 1 heterocycles. The second kappa shape index (κ2) is 5.71. The summed E-state index contributed by atoms with van der Waals surface area (Å²) in [5, 5.41) is 0.682. The molecular formula is C19H18ClFN2O. The number of nitrogens with zero attached hydrogens (tertiary/aromatic N) is 2. The van der Waals surface area contributed by atoms with Gasteiger partial charge in [-0.05, 0) is 42.8 Å². The van der Waals surface area contributed by atoms with Crippen molar-refractivity contribution in [3.63, 3.8) is 0 Å². The first-order valence-corrected chi connectivity index (χ1v) is 8.05. The van der Waals surface area contributed by atoms with Gasteiger partial charge in [-0.25, -0.2) is 9.37 Å². The van der Waals surface area contributed by atoms with Crippen LogP contribution in [0.25, 0.3) is 16.6 Å². The Morgan fingerprint density at radius 3 is 2.50 bits per heavy atom. The maximum Gasteiger partial charge on any atom is 0.267 e. The zero-order chi connectivity index (χ0) is 17.6. The average Bonchev–Trinajstić information content (AvgIpc) is 2.44. The average molecular weight is 345 g/mol. The maximum atomic E-state index is 13.9. The van der Waals surface area contributed by atoms with Crippen LogP contribution in [0.1, 0.15) is 32.2 Å². The fourth-order valence-corrected chi connectivity index (χ4v) is 3.03. The van der Waals surface area contributed by atoms with Gasteiger partial charge in [0.05, 0.1) is 21.6 Å². The van der Waals surface area contributed by atoms with E-state index in [1.54, 1.807) is 31.2 Å². The van der Waals surface area contributed by atoms with Gasteiger partial charge in [-0.15, -0.1) is 0 Å². The first-order valence-electron chi connectivity index (χ1n) is 7.68. The molecule has 24 heavy (non-hydrogen) atoms. The molecule has 5 heteroatoms. The topological polar surface area (TPSA) is 34.9 Å². The summed E-state index contributed by atoms with van der Waals surface area (Å²) in [5.74, 6) is 0.170. The molecule has 0 aliphatic carbocycles. The van der Waals surface area contributed by atoms with Crippen LogP contribution in [0.3, 0.4) is 0 Å². The van der Waals surface area contributed by atoms with Crippen LogP contribution in [-0.4, -0.2) is 9.55 Å². The van der Waals surface area contributed by atoms with Crippen molar-refractivity contribution in [3.05, 3.63) is 69.0 Å². The van der Waals surface area contributed by atoms with Gasteiger partial charge in [-0.3, -0.25) is 9.36 Å². The first-order chi connectivity index (χ1) is 11.2. The van der Waals surface area contributed by atoms with Crippen molar-refractivity contribution in [2.24, 2.45) is 0 Å². The largest absolute Gasteiger partial charge is 0.268 e. The third kappa shape index (κ3) is 2.82. The lowest BCUT2D eigenvalue weighted by atomic mass is 9.94. The molecule has 124 valence electrons. The van der Waals surface area contributed by atoms with Crippen LogP contribution in [0.15, 0.2) is 41.2 Å². The Kier molecular flexibility index (Phi) is 3.96. The van der Waals surface area contributed by atoms with Gasteiger partial charge in [0.25, 0.3) is 5.56 Å². The molecule has 1 aromatic heterocycles. The van der Waals surface area contributed by atoms with Crippen molar-refractivity contribution in [1.82, 2.24) is 9.55 Å². The third-order valence-electron chi connectivity index (χ3n) is 3.80. The van der Waals surface area contributed by atoms with Gasteiger partial charge >= 0.3 is 0 Å². The Bertz CT molecular complexity index is 982. The van der Waals surface area contributed by atoms with E-state index in [1.165, 1.54) is 16.7 Å². The molecular weight excluding hydrogens is 327 g/mol. The summed E-state index contributed by atoms with van der Waals surface area (Å²) in [6, 6.07) is 9.72. The molecule has 0 fully saturated rings. The van der Waals surface area contributed by atoms with Crippen LogP contribution in [0.4, 0.5) is 4.39 Å². The first kappa shape index (κ1) is 16.7. The number of aryl methyl sites for hydroxylation is 1. The zero-order valence-corrected chi connectivity index (χ0v) is 14.8. The number of hydrogen-bond donors (Lipinski definition) is 0. The predicted molar refractivity (Wildman–Crippen MR) is 95.7 cm³/mol. The third-order valence-corrected chi connectivity index (χ3v) is 4.12. The van der Waals surface area contributed by atoms with Gasteiger partial charge in [0.1, 0.15) is 11.6 Å². The molecule has 0 amide bonds. The van der Waals surface area contributed by atoms with Crippen LogP contribution in [-0.2, 0) is 5.41 Å². The Labute approximate surface area is 144 Å². The van der Waals surface area contributed by atoms with Gasteiger partial charge in [-0.2, -0.15) is 0 Å². The number of halogens is 2. The monoisotopic (exact) mass is 344 g/mol. The standard InChI is InChI=1S/C19H18ClFN2O/c1-11-8-12(21)10-13(9-11)23-17(24)16-14(20)6-5-7-15(16)22-18(23)19(2,3)4/h5-10H,1-4H3. The number of hydrogen-bond acceptors (Lipinski definition) is 2. The van der Waals surface area contributed by atoms with Crippen LogP contribution in [0, 0.1) is 12.7 Å². The van der Waals surface area contributed by atoms with E-state index in [9.17, 15) is 9.18 Å². The van der Waals surface area contributed by atoms with Crippen molar-refractivity contribution >= 4 is 22.5 Å². The highest BCUT2D eigenvalue weighted by Gasteiger charge is 2.24. The minimum Gasteiger partial charge on any atom is -0.268 e. The van der Waals surface area contributed by atoms with Gasteiger partial charge in [0, 0.05) is 5.41 Å². The number of fused-ring (bicyclic) bond motifs is 1. The van der Waals surface area contributed by atoms with Crippen LogP contribution >= 0.6 is 11.6 Å². The summed E-state index contributed by atoms with van der Waals surface area (Å²) in [6.45, 7) is 7.69. The molecule has 0 aliphatic heterocycles. The fraction of sp³-hybridized carbons (Fsp3) is 0.263. The molecule has 3 rings (SSSR count). The molecule has 0 N–H and O–H groups in total. The summed E-state index contributed by atoms with van der Waals surface area (Å²) in [6.07, 6.45) is 0. The van der Waals surface area contributed by atoms with E-state index in [4.69, 9.17) is 11.6 Å². The number of aromatic nitrogens is 2. The normalized spacial score (nSPS) is 11.9. The van der Waals surface area contributed by atoms with Crippen molar-refractivity contribution in [2.45, 2.75) is 33.1 Å². The SMILES string of the molecule is Cc1cc(F)cc(-n2c(C(C)(C)C)nc3cccc(Cl)c3c2=O)c1. The van der Waals surface area contributed by atoms with Crippen LogP contribution in [0.2, 0.25) is 5.02 Å². The minimum absolute atomic E-state index is 0.291. The predicted octanol–water partition coefficient (Wildman–Crippen LogP) is 4.78. The van der Waals surface area contributed by atoms with E-state index in [2.05, 4.69) is 4.98 Å². The van der Waals surface area contributed by atoms with Gasteiger partial charge in [0.15, 0.2) is 0 Å². The molecule has 2 aromatic carbocycles. The van der Waals surface area contributed by atoms with Gasteiger partial charge < -0.3 is 0 Å². The van der Waals surface area contributed by atoms with Crippen molar-refractivity contribution in [1.29, 1.82) is 0 Å². The van der Waals surface area contributed by atoms with Gasteiger partial charge in [-0.1, -0.05) is 38.4 Å².